The number of carbonyl (C=O) groups excluding carboxylic acids is 3. The van der Waals surface area contributed by atoms with Crippen LogP contribution in [0.4, 0.5) is 0 Å². The molecular weight excluding hydrogens is 548 g/mol. The van der Waals surface area contributed by atoms with E-state index in [1.54, 1.807) is 21.0 Å². The molecular formula is C33H48N4O6. The molecule has 1 aliphatic carbocycles. The van der Waals surface area contributed by atoms with Crippen LogP contribution in [0.25, 0.3) is 0 Å². The molecule has 6 atom stereocenters. The van der Waals surface area contributed by atoms with Crippen LogP contribution in [0.1, 0.15) is 82.5 Å². The smallest absolute Gasteiger partial charge is 0.236 e. The number of rotatable bonds is 6. The van der Waals surface area contributed by atoms with Crippen molar-refractivity contribution in [2.24, 2.45) is 5.73 Å². The highest BCUT2D eigenvalue weighted by Crippen LogP contribution is 2.54. The second-order valence-corrected chi connectivity index (χ2v) is 11.9. The predicted octanol–water partition coefficient (Wildman–Crippen LogP) is 3.26. The minimum absolute atomic E-state index is 0.0523. The Bertz CT molecular complexity index is 1370. The molecule has 0 radical (unpaired) electrons. The molecule has 1 amide bonds. The minimum Gasteiger partial charge on any atom is -0.504 e. The second-order valence-electron chi connectivity index (χ2n) is 11.9. The average molecular weight is 597 g/mol. The van der Waals surface area contributed by atoms with Gasteiger partial charge in [-0.05, 0) is 64.1 Å². The summed E-state index contributed by atoms with van der Waals surface area (Å²) in [6, 6.07) is 0.461. The maximum atomic E-state index is 13.8. The fourth-order valence-corrected chi connectivity index (χ4v) is 7.62. The number of fused-ring (bicyclic) bond motifs is 6. The molecule has 10 heteroatoms. The van der Waals surface area contributed by atoms with E-state index in [4.69, 9.17) is 15.2 Å². The lowest BCUT2D eigenvalue weighted by Crippen LogP contribution is -2.65. The Labute approximate surface area is 255 Å². The maximum Gasteiger partial charge on any atom is 0.236 e. The van der Waals surface area contributed by atoms with Gasteiger partial charge in [-0.2, -0.15) is 0 Å². The van der Waals surface area contributed by atoms with Crippen LogP contribution in [0.3, 0.4) is 0 Å². The topological polar surface area (TPSA) is 134 Å². The van der Waals surface area contributed by atoms with Gasteiger partial charge in [0.1, 0.15) is 0 Å². The summed E-state index contributed by atoms with van der Waals surface area (Å²) < 4.78 is 11.1. The van der Waals surface area contributed by atoms with E-state index in [0.29, 0.717) is 29.9 Å². The van der Waals surface area contributed by atoms with Crippen molar-refractivity contribution in [3.05, 3.63) is 45.2 Å². The van der Waals surface area contributed by atoms with Crippen molar-refractivity contribution in [1.82, 2.24) is 15.1 Å². The molecule has 3 aliphatic heterocycles. The lowest BCUT2D eigenvalue weighted by molar-refractivity contribution is -0.124. The summed E-state index contributed by atoms with van der Waals surface area (Å²) in [7, 11) is 5.04. The van der Waals surface area contributed by atoms with Crippen molar-refractivity contribution in [3.63, 3.8) is 0 Å². The first-order chi connectivity index (χ1) is 20.5. The number of piperazine rings is 1. The quantitative estimate of drug-likeness (QED) is 0.423. The van der Waals surface area contributed by atoms with Crippen molar-refractivity contribution in [1.29, 1.82) is 0 Å². The van der Waals surface area contributed by atoms with Gasteiger partial charge in [-0.1, -0.05) is 26.8 Å². The molecule has 43 heavy (non-hydrogen) atoms. The first-order valence-electron chi connectivity index (χ1n) is 15.4. The van der Waals surface area contributed by atoms with Crippen LogP contribution >= 0.6 is 0 Å². The van der Waals surface area contributed by atoms with E-state index < -0.39 is 12.1 Å². The van der Waals surface area contributed by atoms with Crippen LogP contribution in [0.15, 0.2) is 28.5 Å². The molecule has 5 rings (SSSR count). The molecule has 1 aromatic carbocycles. The molecule has 236 valence electrons. The number of phenolic OH excluding ortho intramolecular Hbond substituents is 1. The highest BCUT2D eigenvalue weighted by Gasteiger charge is 2.54. The normalized spacial score (nSPS) is 27.7. The number of nitrogens with two attached hydrogens (primary N) is 1. The number of phenols is 1. The monoisotopic (exact) mass is 596 g/mol. The maximum absolute atomic E-state index is 13.8. The highest BCUT2D eigenvalue weighted by molar-refractivity contribution is 6.25. The Morgan fingerprint density at radius 3 is 2.44 bits per heavy atom. The van der Waals surface area contributed by atoms with Gasteiger partial charge in [0.05, 0.1) is 32.3 Å². The summed E-state index contributed by atoms with van der Waals surface area (Å²) in [6.45, 7) is 12.1. The fraction of sp³-hybridized carbons (Fsp3) is 0.606. The minimum atomic E-state index is -0.719. The van der Waals surface area contributed by atoms with Gasteiger partial charge >= 0.3 is 0 Å². The van der Waals surface area contributed by atoms with Gasteiger partial charge in [-0.25, -0.2) is 0 Å². The number of carbonyl (C=O) groups is 3. The number of nitrogens with one attached hydrogen (secondary N) is 1. The lowest BCUT2D eigenvalue weighted by atomic mass is 9.74. The number of methoxy groups -OCH3 is 2. The Morgan fingerprint density at radius 2 is 1.86 bits per heavy atom. The van der Waals surface area contributed by atoms with Crippen LogP contribution in [-0.2, 0) is 19.1 Å². The summed E-state index contributed by atoms with van der Waals surface area (Å²) in [5, 5.41) is 14.6. The molecule has 0 spiro atoms. The van der Waals surface area contributed by atoms with E-state index in [1.807, 2.05) is 20.8 Å². The van der Waals surface area contributed by atoms with Gasteiger partial charge in [0.15, 0.2) is 23.0 Å². The van der Waals surface area contributed by atoms with Crippen molar-refractivity contribution in [2.45, 2.75) is 96.9 Å². The van der Waals surface area contributed by atoms with Gasteiger partial charge < -0.3 is 25.6 Å². The van der Waals surface area contributed by atoms with E-state index in [1.165, 1.54) is 7.11 Å². The number of Topliss-reactive ketones (excluding diaryl/α,β-unsaturated/α-hetero) is 2. The van der Waals surface area contributed by atoms with Crippen molar-refractivity contribution in [3.8, 4) is 11.5 Å². The average Bonchev–Trinajstić information content (AvgIpc) is 3.05. The van der Waals surface area contributed by atoms with Gasteiger partial charge in [0.2, 0.25) is 11.7 Å². The van der Waals surface area contributed by atoms with Gasteiger partial charge in [-0.15, -0.1) is 0 Å². The Hall–Kier alpha value is -3.21. The van der Waals surface area contributed by atoms with Crippen LogP contribution in [0, 0.1) is 6.92 Å². The molecule has 2 bridgehead atoms. The molecule has 0 saturated carbocycles. The zero-order chi connectivity index (χ0) is 31.9. The molecule has 4 N–H and O–H groups in total. The van der Waals surface area contributed by atoms with E-state index in [0.717, 1.165) is 29.5 Å². The second kappa shape index (κ2) is 12.8. The number of allylic oxidation sites excluding steroid dienone is 2. The number of amides is 1. The molecule has 6 unspecified atom stereocenters. The summed E-state index contributed by atoms with van der Waals surface area (Å²) in [5.74, 6) is -0.00948. The van der Waals surface area contributed by atoms with Crippen molar-refractivity contribution in [2.75, 3.05) is 34.4 Å². The van der Waals surface area contributed by atoms with Crippen LogP contribution in [0.2, 0.25) is 0 Å². The number of nitrogens with zero attached hydrogens (tertiary/aromatic N) is 2. The first-order valence-corrected chi connectivity index (χ1v) is 15.4. The van der Waals surface area contributed by atoms with E-state index >= 15 is 0 Å². The number of benzene rings is 1. The number of likely N-dealkylation sites (N-methyl/N-ethyl adjacent to an activating group) is 1. The van der Waals surface area contributed by atoms with Gasteiger partial charge in [-0.3, -0.25) is 24.2 Å². The Morgan fingerprint density at radius 1 is 1.19 bits per heavy atom. The third kappa shape index (κ3) is 5.27. The number of hydrogen-bond acceptors (Lipinski definition) is 9. The molecule has 0 aromatic heterocycles. The fourth-order valence-electron chi connectivity index (χ4n) is 7.62. The Kier molecular flexibility index (Phi) is 9.73. The SMILES string of the molecule is CC.CCC1CC2CN3C(CNC(=O)C(C)N)C4=C(CC3C(c3c1cc(C)c(OC)c3O)N2C)C(=O)C(C)=C(OC)C4=O. The summed E-state index contributed by atoms with van der Waals surface area (Å²) >= 11 is 0. The van der Waals surface area contributed by atoms with E-state index in [9.17, 15) is 19.5 Å². The number of aromatic hydroxyl groups is 1. The zero-order valence-corrected chi connectivity index (χ0v) is 27.0. The third-order valence-electron chi connectivity index (χ3n) is 9.69. The standard InChI is InChI=1S/C31H42N4O6.C2H6/c1-8-17-10-18-13-35-21(25(34(18)5)24-19(17)9-14(2)29(40-6)28(24)38)11-20-23(22(35)12-33-31(39)16(4)32)27(37)30(41-7)15(3)26(20)36;1-2/h9,16-18,21-22,25,38H,8,10-13,32H2,1-7H3,(H,33,39);1-2H3. The molecule has 3 heterocycles. The number of hydrogen-bond donors (Lipinski definition) is 3. The molecule has 1 saturated heterocycles. The third-order valence-corrected chi connectivity index (χ3v) is 9.69. The number of ether oxygens (including phenoxy) is 2. The molecule has 1 aromatic rings. The summed E-state index contributed by atoms with van der Waals surface area (Å²) in [6.07, 6.45) is 2.10. The Balaban J connectivity index is 0.00000207. The van der Waals surface area contributed by atoms with Crippen LogP contribution in [-0.4, -0.2) is 90.9 Å². The summed E-state index contributed by atoms with van der Waals surface area (Å²) in [4.78, 5) is 44.8. The van der Waals surface area contributed by atoms with E-state index in [-0.39, 0.29) is 65.1 Å². The number of aryl methyl sites for hydroxylation is 1. The first kappa shape index (κ1) is 32.7. The van der Waals surface area contributed by atoms with Crippen LogP contribution < -0.4 is 15.8 Å². The molecule has 4 aliphatic rings. The van der Waals surface area contributed by atoms with Crippen LogP contribution in [0.5, 0.6) is 11.5 Å². The molecule has 1 fully saturated rings. The van der Waals surface area contributed by atoms with Crippen molar-refractivity contribution >= 4 is 17.5 Å². The van der Waals surface area contributed by atoms with Gasteiger partial charge in [0.25, 0.3) is 0 Å². The zero-order valence-electron chi connectivity index (χ0n) is 27.0. The van der Waals surface area contributed by atoms with Gasteiger partial charge in [0, 0.05) is 47.5 Å². The predicted molar refractivity (Wildman–Crippen MR) is 165 cm³/mol. The largest absolute Gasteiger partial charge is 0.504 e. The highest BCUT2D eigenvalue weighted by atomic mass is 16.5. The van der Waals surface area contributed by atoms with Crippen molar-refractivity contribution < 1.29 is 29.0 Å². The number of ketones is 2. The van der Waals surface area contributed by atoms with E-state index in [2.05, 4.69) is 35.2 Å². The lowest BCUT2D eigenvalue weighted by Gasteiger charge is -2.55. The molecule has 10 nitrogen and oxygen atoms in total. The summed E-state index contributed by atoms with van der Waals surface area (Å²) in [5.41, 5.74) is 9.79.